The molecule has 0 spiro atoms. The number of rotatable bonds is 4. The van der Waals surface area contributed by atoms with Crippen LogP contribution in [0.25, 0.3) is 0 Å². The lowest BCUT2D eigenvalue weighted by atomic mass is 10.1. The molecule has 1 unspecified atom stereocenters. The summed E-state index contributed by atoms with van der Waals surface area (Å²) in [6.45, 7) is 1.92. The standard InChI is InChI=1S/C16H15BrClNO2/c1-10(11-6-8-12(21-2)9-7-11)19-16(20)13-4-3-5-14(17)15(13)18/h3-10H,1-2H3,(H,19,20). The zero-order valence-corrected chi connectivity index (χ0v) is 14.0. The molecule has 0 heterocycles. The number of nitrogens with one attached hydrogen (secondary N) is 1. The Labute approximate surface area is 137 Å². The van der Waals surface area contributed by atoms with Crippen molar-refractivity contribution in [3.8, 4) is 5.75 Å². The van der Waals surface area contributed by atoms with E-state index in [0.29, 0.717) is 15.1 Å². The van der Waals surface area contributed by atoms with Gasteiger partial charge in [0, 0.05) is 4.47 Å². The van der Waals surface area contributed by atoms with Gasteiger partial charge in [-0.1, -0.05) is 29.8 Å². The molecule has 0 fully saturated rings. The maximum atomic E-state index is 12.3. The molecule has 0 aliphatic carbocycles. The van der Waals surface area contributed by atoms with Gasteiger partial charge in [-0.2, -0.15) is 0 Å². The van der Waals surface area contributed by atoms with Crippen LogP contribution in [0.1, 0.15) is 28.9 Å². The highest BCUT2D eigenvalue weighted by Crippen LogP contribution is 2.26. The molecule has 0 aliphatic heterocycles. The molecule has 1 N–H and O–H groups in total. The zero-order valence-electron chi connectivity index (χ0n) is 11.7. The van der Waals surface area contributed by atoms with Gasteiger partial charge in [0.2, 0.25) is 0 Å². The Kier molecular flexibility index (Phi) is 5.26. The summed E-state index contributed by atoms with van der Waals surface area (Å²) in [4.78, 5) is 12.3. The average molecular weight is 369 g/mol. The van der Waals surface area contributed by atoms with Gasteiger partial charge in [-0.05, 0) is 52.7 Å². The summed E-state index contributed by atoms with van der Waals surface area (Å²) in [5, 5.41) is 3.35. The maximum absolute atomic E-state index is 12.3. The summed E-state index contributed by atoms with van der Waals surface area (Å²) in [7, 11) is 1.62. The van der Waals surface area contributed by atoms with Crippen molar-refractivity contribution in [1.29, 1.82) is 0 Å². The number of benzene rings is 2. The van der Waals surface area contributed by atoms with Gasteiger partial charge in [0.05, 0.1) is 23.7 Å². The molecule has 2 aromatic carbocycles. The van der Waals surface area contributed by atoms with Crippen LogP contribution in [0.2, 0.25) is 5.02 Å². The normalized spacial score (nSPS) is 11.8. The second kappa shape index (κ2) is 6.96. The minimum Gasteiger partial charge on any atom is -0.497 e. The number of hydrogen-bond donors (Lipinski definition) is 1. The molecule has 0 saturated heterocycles. The van der Waals surface area contributed by atoms with Crippen molar-refractivity contribution in [3.63, 3.8) is 0 Å². The van der Waals surface area contributed by atoms with Crippen molar-refractivity contribution in [2.24, 2.45) is 0 Å². The molecule has 2 aromatic rings. The molecule has 21 heavy (non-hydrogen) atoms. The summed E-state index contributed by atoms with van der Waals surface area (Å²) in [5.74, 6) is 0.580. The highest BCUT2D eigenvalue weighted by molar-refractivity contribution is 9.10. The van der Waals surface area contributed by atoms with Crippen molar-refractivity contribution in [1.82, 2.24) is 5.32 Å². The van der Waals surface area contributed by atoms with E-state index in [0.717, 1.165) is 11.3 Å². The Morgan fingerprint density at radius 3 is 2.52 bits per heavy atom. The number of carbonyl (C=O) groups excluding carboxylic acids is 1. The Balaban J connectivity index is 2.12. The van der Waals surface area contributed by atoms with E-state index in [4.69, 9.17) is 16.3 Å². The molecule has 0 saturated carbocycles. The molecule has 2 rings (SSSR count). The van der Waals surface area contributed by atoms with Gasteiger partial charge in [0.15, 0.2) is 0 Å². The SMILES string of the molecule is COc1ccc(C(C)NC(=O)c2cccc(Br)c2Cl)cc1. The molecular weight excluding hydrogens is 354 g/mol. The van der Waals surface area contributed by atoms with Crippen LogP contribution in [-0.2, 0) is 0 Å². The van der Waals surface area contributed by atoms with Crippen LogP contribution < -0.4 is 10.1 Å². The Morgan fingerprint density at radius 2 is 1.90 bits per heavy atom. The molecular formula is C16H15BrClNO2. The third-order valence-electron chi connectivity index (χ3n) is 3.16. The predicted octanol–water partition coefficient (Wildman–Crippen LogP) is 4.60. The molecule has 0 radical (unpaired) electrons. The maximum Gasteiger partial charge on any atom is 0.253 e. The fourth-order valence-corrected chi connectivity index (χ4v) is 2.51. The number of halogens is 2. The van der Waals surface area contributed by atoms with E-state index in [1.165, 1.54) is 0 Å². The molecule has 1 amide bonds. The minimum absolute atomic E-state index is 0.126. The van der Waals surface area contributed by atoms with Gasteiger partial charge in [0.25, 0.3) is 5.91 Å². The highest BCUT2D eigenvalue weighted by atomic mass is 79.9. The van der Waals surface area contributed by atoms with Crippen LogP contribution in [-0.4, -0.2) is 13.0 Å². The molecule has 5 heteroatoms. The van der Waals surface area contributed by atoms with Gasteiger partial charge in [-0.15, -0.1) is 0 Å². The lowest BCUT2D eigenvalue weighted by Gasteiger charge is -2.15. The van der Waals surface area contributed by atoms with Crippen LogP contribution in [0.5, 0.6) is 5.75 Å². The lowest BCUT2D eigenvalue weighted by molar-refractivity contribution is 0.0940. The molecule has 0 bridgehead atoms. The molecule has 110 valence electrons. The van der Waals surface area contributed by atoms with E-state index in [-0.39, 0.29) is 11.9 Å². The molecule has 0 aromatic heterocycles. The second-order valence-electron chi connectivity index (χ2n) is 4.57. The monoisotopic (exact) mass is 367 g/mol. The first kappa shape index (κ1) is 15.9. The number of ether oxygens (including phenoxy) is 1. The summed E-state index contributed by atoms with van der Waals surface area (Å²) in [6.07, 6.45) is 0. The third kappa shape index (κ3) is 3.77. The van der Waals surface area contributed by atoms with Crippen molar-refractivity contribution in [2.75, 3.05) is 7.11 Å². The van der Waals surface area contributed by atoms with E-state index in [1.54, 1.807) is 25.3 Å². The fraction of sp³-hybridized carbons (Fsp3) is 0.188. The van der Waals surface area contributed by atoms with E-state index in [2.05, 4.69) is 21.2 Å². The summed E-state index contributed by atoms with van der Waals surface area (Å²) >= 11 is 9.45. The predicted molar refractivity (Wildman–Crippen MR) is 88.0 cm³/mol. The van der Waals surface area contributed by atoms with Crippen molar-refractivity contribution >= 4 is 33.4 Å². The van der Waals surface area contributed by atoms with E-state index in [1.807, 2.05) is 31.2 Å². The fourth-order valence-electron chi connectivity index (χ4n) is 1.93. The van der Waals surface area contributed by atoms with Gasteiger partial charge >= 0.3 is 0 Å². The minimum atomic E-state index is -0.204. The van der Waals surface area contributed by atoms with E-state index in [9.17, 15) is 4.79 Å². The smallest absolute Gasteiger partial charge is 0.253 e. The average Bonchev–Trinajstić information content (AvgIpc) is 2.50. The van der Waals surface area contributed by atoms with E-state index >= 15 is 0 Å². The number of hydrogen-bond acceptors (Lipinski definition) is 2. The quantitative estimate of drug-likeness (QED) is 0.856. The van der Waals surface area contributed by atoms with Gasteiger partial charge in [-0.25, -0.2) is 0 Å². The van der Waals surface area contributed by atoms with Crippen LogP contribution >= 0.6 is 27.5 Å². The second-order valence-corrected chi connectivity index (χ2v) is 5.80. The van der Waals surface area contributed by atoms with Crippen molar-refractivity contribution in [3.05, 3.63) is 63.1 Å². The first-order valence-corrected chi connectivity index (χ1v) is 7.59. The number of carbonyl (C=O) groups is 1. The highest BCUT2D eigenvalue weighted by Gasteiger charge is 2.15. The Hall–Kier alpha value is -1.52. The van der Waals surface area contributed by atoms with Gasteiger partial charge < -0.3 is 10.1 Å². The molecule has 3 nitrogen and oxygen atoms in total. The molecule has 1 atom stereocenters. The molecule has 0 aliphatic rings. The third-order valence-corrected chi connectivity index (χ3v) is 4.46. The van der Waals surface area contributed by atoms with Crippen molar-refractivity contribution < 1.29 is 9.53 Å². The Bertz CT molecular complexity index is 643. The van der Waals surface area contributed by atoms with Crippen molar-refractivity contribution in [2.45, 2.75) is 13.0 Å². The van der Waals surface area contributed by atoms with Crippen LogP contribution in [0.4, 0.5) is 0 Å². The summed E-state index contributed by atoms with van der Waals surface area (Å²) in [5.41, 5.74) is 1.45. The van der Waals surface area contributed by atoms with Crippen LogP contribution in [0, 0.1) is 0 Å². The summed E-state index contributed by atoms with van der Waals surface area (Å²) < 4.78 is 5.82. The number of methoxy groups -OCH3 is 1. The topological polar surface area (TPSA) is 38.3 Å². The Morgan fingerprint density at radius 1 is 1.24 bits per heavy atom. The first-order valence-electron chi connectivity index (χ1n) is 6.41. The number of amides is 1. The van der Waals surface area contributed by atoms with Gasteiger partial charge in [-0.3, -0.25) is 4.79 Å². The van der Waals surface area contributed by atoms with E-state index < -0.39 is 0 Å². The first-order chi connectivity index (χ1) is 10.0. The van der Waals surface area contributed by atoms with Gasteiger partial charge in [0.1, 0.15) is 5.75 Å². The summed E-state index contributed by atoms with van der Waals surface area (Å²) in [6, 6.07) is 12.7. The van der Waals surface area contributed by atoms with Crippen LogP contribution in [0.15, 0.2) is 46.9 Å². The zero-order chi connectivity index (χ0) is 15.4. The largest absolute Gasteiger partial charge is 0.497 e. The van der Waals surface area contributed by atoms with Crippen LogP contribution in [0.3, 0.4) is 0 Å². The lowest BCUT2D eigenvalue weighted by Crippen LogP contribution is -2.26.